The Labute approximate surface area is 123 Å². The molecule has 0 saturated carbocycles. The van der Waals surface area contributed by atoms with Crippen LogP contribution in [-0.2, 0) is 0 Å². The van der Waals surface area contributed by atoms with E-state index in [1.165, 1.54) is 23.1 Å². The minimum Gasteiger partial charge on any atom is -0.398 e. The summed E-state index contributed by atoms with van der Waals surface area (Å²) in [5.74, 6) is -0.390. The highest BCUT2D eigenvalue weighted by Crippen LogP contribution is 2.23. The second-order valence-electron chi connectivity index (χ2n) is 4.72. The van der Waals surface area contributed by atoms with Crippen LogP contribution in [0, 0.1) is 10.1 Å². The standard InChI is InChI=1S/C14H21N3O4/c1-3-10(4-2)16(7-8-18)14(19)12-9-11(17(20)21)5-6-13(12)15/h5-6,9-10,18H,3-4,7-8,15H2,1-2H3. The minimum atomic E-state index is -0.566. The Balaban J connectivity index is 3.19. The van der Waals surface area contributed by atoms with Gasteiger partial charge in [0.25, 0.3) is 11.6 Å². The number of nitro benzene ring substituents is 1. The molecule has 21 heavy (non-hydrogen) atoms. The van der Waals surface area contributed by atoms with Crippen LogP contribution in [-0.4, -0.2) is 40.0 Å². The zero-order chi connectivity index (χ0) is 16.0. The van der Waals surface area contributed by atoms with Gasteiger partial charge in [0.2, 0.25) is 0 Å². The molecule has 0 fully saturated rings. The third-order valence-electron chi connectivity index (χ3n) is 3.46. The molecule has 0 aromatic heterocycles. The van der Waals surface area contributed by atoms with Crippen LogP contribution >= 0.6 is 0 Å². The van der Waals surface area contributed by atoms with E-state index in [1.54, 1.807) is 0 Å². The number of nitrogen functional groups attached to an aromatic ring is 1. The van der Waals surface area contributed by atoms with Gasteiger partial charge in [-0.05, 0) is 18.9 Å². The molecular formula is C14H21N3O4. The van der Waals surface area contributed by atoms with Crippen molar-refractivity contribution in [2.24, 2.45) is 0 Å². The van der Waals surface area contributed by atoms with Gasteiger partial charge in [-0.2, -0.15) is 0 Å². The molecule has 1 aromatic carbocycles. The number of anilines is 1. The number of rotatable bonds is 7. The van der Waals surface area contributed by atoms with Crippen LogP contribution < -0.4 is 5.73 Å². The average Bonchev–Trinajstić information content (AvgIpc) is 2.47. The van der Waals surface area contributed by atoms with E-state index in [0.29, 0.717) is 0 Å². The predicted octanol–water partition coefficient (Wildman–Crippen LogP) is 1.80. The maximum atomic E-state index is 12.6. The molecule has 0 aliphatic heterocycles. The summed E-state index contributed by atoms with van der Waals surface area (Å²) in [6, 6.07) is 3.77. The number of nitrogens with two attached hydrogens (primary N) is 1. The molecule has 1 aromatic rings. The number of amides is 1. The van der Waals surface area contributed by atoms with Crippen molar-refractivity contribution in [1.82, 2.24) is 4.90 Å². The van der Waals surface area contributed by atoms with Crippen LogP contribution in [0.3, 0.4) is 0 Å². The number of carbonyl (C=O) groups excluding carboxylic acids is 1. The van der Waals surface area contributed by atoms with E-state index in [9.17, 15) is 14.9 Å². The molecule has 116 valence electrons. The van der Waals surface area contributed by atoms with Gasteiger partial charge in [-0.3, -0.25) is 14.9 Å². The first kappa shape index (κ1) is 16.9. The molecule has 0 heterocycles. The van der Waals surface area contributed by atoms with Crippen molar-refractivity contribution in [2.45, 2.75) is 32.7 Å². The van der Waals surface area contributed by atoms with Crippen molar-refractivity contribution < 1.29 is 14.8 Å². The SMILES string of the molecule is CCC(CC)N(CCO)C(=O)c1cc([N+](=O)[O-])ccc1N. The van der Waals surface area contributed by atoms with E-state index >= 15 is 0 Å². The Morgan fingerprint density at radius 3 is 2.52 bits per heavy atom. The second kappa shape index (κ2) is 7.58. The highest BCUT2D eigenvalue weighted by Gasteiger charge is 2.25. The van der Waals surface area contributed by atoms with Gasteiger partial charge in [0, 0.05) is 30.4 Å². The lowest BCUT2D eigenvalue weighted by molar-refractivity contribution is -0.384. The van der Waals surface area contributed by atoms with Crippen LogP contribution in [0.25, 0.3) is 0 Å². The number of carbonyl (C=O) groups is 1. The summed E-state index contributed by atoms with van der Waals surface area (Å²) < 4.78 is 0. The molecule has 1 amide bonds. The maximum Gasteiger partial charge on any atom is 0.270 e. The van der Waals surface area contributed by atoms with E-state index in [4.69, 9.17) is 10.8 Å². The molecule has 0 unspecified atom stereocenters. The molecule has 7 nitrogen and oxygen atoms in total. The van der Waals surface area contributed by atoms with E-state index in [-0.39, 0.29) is 42.0 Å². The Morgan fingerprint density at radius 2 is 2.05 bits per heavy atom. The number of aliphatic hydroxyl groups excluding tert-OH is 1. The third-order valence-corrected chi connectivity index (χ3v) is 3.46. The van der Waals surface area contributed by atoms with Gasteiger partial charge in [0.05, 0.1) is 17.1 Å². The van der Waals surface area contributed by atoms with Gasteiger partial charge in [0.15, 0.2) is 0 Å². The molecule has 0 saturated heterocycles. The van der Waals surface area contributed by atoms with Gasteiger partial charge in [-0.15, -0.1) is 0 Å². The summed E-state index contributed by atoms with van der Waals surface area (Å²) >= 11 is 0. The summed E-state index contributed by atoms with van der Waals surface area (Å²) in [7, 11) is 0. The number of nitro groups is 1. The Bertz CT molecular complexity index is 515. The first-order chi connectivity index (χ1) is 9.96. The largest absolute Gasteiger partial charge is 0.398 e. The van der Waals surface area contributed by atoms with Crippen molar-refractivity contribution in [3.63, 3.8) is 0 Å². The van der Waals surface area contributed by atoms with Crippen LogP contribution in [0.4, 0.5) is 11.4 Å². The molecule has 0 spiro atoms. The molecule has 1 rings (SSSR count). The number of aliphatic hydroxyl groups is 1. The van der Waals surface area contributed by atoms with Gasteiger partial charge in [-0.25, -0.2) is 0 Å². The molecule has 0 aliphatic carbocycles. The lowest BCUT2D eigenvalue weighted by atomic mass is 10.1. The second-order valence-corrected chi connectivity index (χ2v) is 4.72. The number of non-ortho nitro benzene ring substituents is 1. The lowest BCUT2D eigenvalue weighted by Gasteiger charge is -2.30. The van der Waals surface area contributed by atoms with E-state index in [0.717, 1.165) is 12.8 Å². The smallest absolute Gasteiger partial charge is 0.270 e. The molecule has 7 heteroatoms. The van der Waals surface area contributed by atoms with Gasteiger partial charge >= 0.3 is 0 Å². The average molecular weight is 295 g/mol. The molecule has 0 radical (unpaired) electrons. The normalized spacial score (nSPS) is 10.7. The maximum absolute atomic E-state index is 12.6. The van der Waals surface area contributed by atoms with Crippen LogP contribution in [0.15, 0.2) is 18.2 Å². The summed E-state index contributed by atoms with van der Waals surface area (Å²) in [5.41, 5.74) is 5.89. The quantitative estimate of drug-likeness (QED) is 0.453. The topological polar surface area (TPSA) is 110 Å². The van der Waals surface area contributed by atoms with Crippen LogP contribution in [0.1, 0.15) is 37.0 Å². The predicted molar refractivity (Wildman–Crippen MR) is 80.0 cm³/mol. The number of nitrogens with zero attached hydrogens (tertiary/aromatic N) is 2. The Morgan fingerprint density at radius 1 is 1.43 bits per heavy atom. The van der Waals surface area contributed by atoms with Crippen molar-refractivity contribution in [3.8, 4) is 0 Å². The zero-order valence-electron chi connectivity index (χ0n) is 12.3. The fraction of sp³-hybridized carbons (Fsp3) is 0.500. The van der Waals surface area contributed by atoms with Crippen molar-refractivity contribution >= 4 is 17.3 Å². The first-order valence-corrected chi connectivity index (χ1v) is 6.91. The zero-order valence-corrected chi connectivity index (χ0v) is 12.3. The van der Waals surface area contributed by atoms with Gasteiger partial charge < -0.3 is 15.7 Å². The molecule has 0 bridgehead atoms. The van der Waals surface area contributed by atoms with Gasteiger partial charge in [-0.1, -0.05) is 13.8 Å². The van der Waals surface area contributed by atoms with Crippen LogP contribution in [0.5, 0.6) is 0 Å². The molecular weight excluding hydrogens is 274 g/mol. The molecule has 0 atom stereocenters. The van der Waals surface area contributed by atoms with E-state index < -0.39 is 4.92 Å². The van der Waals surface area contributed by atoms with Crippen molar-refractivity contribution in [2.75, 3.05) is 18.9 Å². The highest BCUT2D eigenvalue weighted by atomic mass is 16.6. The lowest BCUT2D eigenvalue weighted by Crippen LogP contribution is -2.41. The highest BCUT2D eigenvalue weighted by molar-refractivity contribution is 6.00. The molecule has 0 aliphatic rings. The fourth-order valence-corrected chi connectivity index (χ4v) is 2.28. The molecule has 3 N–H and O–H groups in total. The van der Waals surface area contributed by atoms with Gasteiger partial charge in [0.1, 0.15) is 0 Å². The van der Waals surface area contributed by atoms with E-state index in [2.05, 4.69) is 0 Å². The summed E-state index contributed by atoms with van der Waals surface area (Å²) in [5, 5.41) is 20.0. The number of hydrogen-bond donors (Lipinski definition) is 2. The summed E-state index contributed by atoms with van der Waals surface area (Å²) in [4.78, 5) is 24.4. The van der Waals surface area contributed by atoms with Crippen molar-refractivity contribution in [1.29, 1.82) is 0 Å². The summed E-state index contributed by atoms with van der Waals surface area (Å²) in [6.45, 7) is 3.90. The minimum absolute atomic E-state index is 0.0386. The van der Waals surface area contributed by atoms with Crippen LogP contribution in [0.2, 0.25) is 0 Å². The Kier molecular flexibility index (Phi) is 6.10. The van der Waals surface area contributed by atoms with Crippen molar-refractivity contribution in [3.05, 3.63) is 33.9 Å². The monoisotopic (exact) mass is 295 g/mol. The Hall–Kier alpha value is -2.15. The number of benzene rings is 1. The summed E-state index contributed by atoms with van der Waals surface area (Å²) in [6.07, 6.45) is 1.47. The fourth-order valence-electron chi connectivity index (χ4n) is 2.28. The first-order valence-electron chi connectivity index (χ1n) is 6.91. The number of hydrogen-bond acceptors (Lipinski definition) is 5. The van der Waals surface area contributed by atoms with E-state index in [1.807, 2.05) is 13.8 Å². The third kappa shape index (κ3) is 3.91.